The maximum absolute atomic E-state index is 13.0. The van der Waals surface area contributed by atoms with Gasteiger partial charge in [0.15, 0.2) is 17.3 Å². The van der Waals surface area contributed by atoms with E-state index in [2.05, 4.69) is 25.4 Å². The normalized spacial score (nSPS) is 21.9. The molecule has 0 bridgehead atoms. The Balaban J connectivity index is 1.25. The van der Waals surface area contributed by atoms with Gasteiger partial charge in [-0.05, 0) is 48.2 Å². The molecule has 2 aromatic heterocycles. The van der Waals surface area contributed by atoms with Crippen LogP contribution in [0.4, 0.5) is 0 Å². The van der Waals surface area contributed by atoms with Crippen molar-refractivity contribution >= 4 is 10.9 Å². The van der Waals surface area contributed by atoms with E-state index in [9.17, 15) is 4.79 Å². The van der Waals surface area contributed by atoms with Crippen LogP contribution in [0.1, 0.15) is 37.1 Å². The van der Waals surface area contributed by atoms with Gasteiger partial charge in [0.2, 0.25) is 0 Å². The molecule has 5 heterocycles. The van der Waals surface area contributed by atoms with Crippen molar-refractivity contribution < 1.29 is 18.9 Å². The molecule has 11 nitrogen and oxygen atoms in total. The van der Waals surface area contributed by atoms with E-state index in [4.69, 9.17) is 18.9 Å². The van der Waals surface area contributed by atoms with Gasteiger partial charge in [-0.15, -0.1) is 5.10 Å². The van der Waals surface area contributed by atoms with E-state index >= 15 is 0 Å². The second-order valence-electron chi connectivity index (χ2n) is 9.42. The topological polar surface area (TPSA) is 117 Å². The van der Waals surface area contributed by atoms with Crippen molar-refractivity contribution in [3.05, 3.63) is 39.9 Å². The van der Waals surface area contributed by atoms with E-state index in [-0.39, 0.29) is 17.8 Å². The Morgan fingerprint density at radius 2 is 1.74 bits per heavy atom. The lowest BCUT2D eigenvalue weighted by Crippen LogP contribution is -2.34. The fourth-order valence-electron chi connectivity index (χ4n) is 5.07. The maximum Gasteiger partial charge on any atom is 0.252 e. The molecule has 2 unspecified atom stereocenters. The van der Waals surface area contributed by atoms with Gasteiger partial charge < -0.3 is 23.9 Å². The van der Waals surface area contributed by atoms with Crippen molar-refractivity contribution in [2.75, 3.05) is 33.0 Å². The van der Waals surface area contributed by atoms with Crippen LogP contribution in [0.15, 0.2) is 23.0 Å². The number of nitrogens with one attached hydrogen (secondary N) is 1. The summed E-state index contributed by atoms with van der Waals surface area (Å²) in [6.45, 7) is 4.89. The van der Waals surface area contributed by atoms with Gasteiger partial charge in [-0.25, -0.2) is 4.68 Å². The predicted molar refractivity (Wildman–Crippen MR) is 125 cm³/mol. The minimum Gasteiger partial charge on any atom is -0.486 e. The van der Waals surface area contributed by atoms with E-state index in [0.29, 0.717) is 56.5 Å². The third kappa shape index (κ3) is 5.02. The van der Waals surface area contributed by atoms with Gasteiger partial charge >= 0.3 is 0 Å². The van der Waals surface area contributed by atoms with Crippen LogP contribution in [0, 0.1) is 0 Å². The van der Waals surface area contributed by atoms with Crippen molar-refractivity contribution in [1.82, 2.24) is 30.1 Å². The quantitative estimate of drug-likeness (QED) is 0.511. The van der Waals surface area contributed by atoms with Crippen LogP contribution in [0.5, 0.6) is 11.5 Å². The number of pyridine rings is 1. The molecule has 1 aromatic carbocycles. The molecule has 3 aliphatic heterocycles. The lowest BCUT2D eigenvalue weighted by atomic mass is 10.1. The molecule has 2 fully saturated rings. The number of hydrogen-bond donors (Lipinski definition) is 1. The number of benzene rings is 1. The zero-order valence-corrected chi connectivity index (χ0v) is 19.6. The number of aromatic amines is 1. The summed E-state index contributed by atoms with van der Waals surface area (Å²) in [5.41, 5.74) is 1.28. The molecule has 0 amide bonds. The second kappa shape index (κ2) is 9.92. The average molecular weight is 483 g/mol. The Bertz CT molecular complexity index is 1230. The van der Waals surface area contributed by atoms with Crippen LogP contribution in [0.3, 0.4) is 0 Å². The van der Waals surface area contributed by atoms with E-state index in [1.165, 1.54) is 0 Å². The molecule has 0 aliphatic carbocycles. The SMILES string of the molecule is O=c1[nH]c2cc3c(cc2cc1CN(Cc1nnnn1CC1CCCO1)CC1CCCO1)OCCO3. The summed E-state index contributed by atoms with van der Waals surface area (Å²) in [5, 5.41) is 13.3. The summed E-state index contributed by atoms with van der Waals surface area (Å²) in [6, 6.07) is 5.69. The predicted octanol–water partition coefficient (Wildman–Crippen LogP) is 1.65. The van der Waals surface area contributed by atoms with Gasteiger partial charge in [0.1, 0.15) is 13.2 Å². The van der Waals surface area contributed by atoms with Crippen molar-refractivity contribution in [3.8, 4) is 11.5 Å². The average Bonchev–Trinajstić information content (AvgIpc) is 3.63. The molecule has 2 saturated heterocycles. The number of ether oxygens (including phenoxy) is 4. The van der Waals surface area contributed by atoms with E-state index < -0.39 is 0 Å². The fourth-order valence-corrected chi connectivity index (χ4v) is 5.07. The van der Waals surface area contributed by atoms with Gasteiger partial charge in [-0.1, -0.05) is 0 Å². The highest BCUT2D eigenvalue weighted by molar-refractivity contribution is 5.83. The largest absolute Gasteiger partial charge is 0.486 e. The standard InChI is InChI=1S/C24H30N6O5/c31-24-17(9-16-10-21-22(11-20(16)25-24)35-8-7-34-21)12-29(13-18-3-1-5-32-18)15-23-26-27-28-30(23)14-19-4-2-6-33-19/h9-11,18-19H,1-8,12-15H2,(H,25,31). The minimum atomic E-state index is -0.120. The number of rotatable bonds is 8. The smallest absolute Gasteiger partial charge is 0.252 e. The lowest BCUT2D eigenvalue weighted by Gasteiger charge is -2.25. The van der Waals surface area contributed by atoms with Crippen molar-refractivity contribution in [1.29, 1.82) is 0 Å². The Labute approximate surface area is 202 Å². The summed E-state index contributed by atoms with van der Waals surface area (Å²) in [4.78, 5) is 18.2. The monoisotopic (exact) mass is 482 g/mol. The summed E-state index contributed by atoms with van der Waals surface area (Å²) in [7, 11) is 0. The summed E-state index contributed by atoms with van der Waals surface area (Å²) < 4.78 is 24.9. The molecular weight excluding hydrogens is 452 g/mol. The van der Waals surface area contributed by atoms with Gasteiger partial charge in [-0.2, -0.15) is 0 Å². The number of tetrazole rings is 1. The Morgan fingerprint density at radius 3 is 2.51 bits per heavy atom. The highest BCUT2D eigenvalue weighted by Gasteiger charge is 2.24. The molecule has 0 spiro atoms. The first-order chi connectivity index (χ1) is 17.2. The van der Waals surface area contributed by atoms with E-state index in [1.54, 1.807) is 0 Å². The van der Waals surface area contributed by atoms with Crippen LogP contribution in [0.2, 0.25) is 0 Å². The first-order valence-electron chi connectivity index (χ1n) is 12.4. The van der Waals surface area contributed by atoms with Crippen LogP contribution < -0.4 is 15.0 Å². The highest BCUT2D eigenvalue weighted by atomic mass is 16.6. The van der Waals surface area contributed by atoms with Crippen molar-refractivity contribution in [3.63, 3.8) is 0 Å². The summed E-state index contributed by atoms with van der Waals surface area (Å²) >= 11 is 0. The lowest BCUT2D eigenvalue weighted by molar-refractivity contribution is 0.0647. The molecule has 11 heteroatoms. The van der Waals surface area contributed by atoms with E-state index in [1.807, 2.05) is 22.9 Å². The molecule has 6 rings (SSSR count). The Morgan fingerprint density at radius 1 is 0.971 bits per heavy atom. The summed E-state index contributed by atoms with van der Waals surface area (Å²) in [6.07, 6.45) is 4.43. The third-order valence-corrected chi connectivity index (χ3v) is 6.84. The zero-order chi connectivity index (χ0) is 23.6. The minimum absolute atomic E-state index is 0.120. The maximum atomic E-state index is 13.0. The van der Waals surface area contributed by atoms with Crippen LogP contribution in [0.25, 0.3) is 10.9 Å². The number of hydrogen-bond acceptors (Lipinski definition) is 9. The van der Waals surface area contributed by atoms with Crippen LogP contribution >= 0.6 is 0 Å². The molecule has 1 N–H and O–H groups in total. The van der Waals surface area contributed by atoms with Crippen LogP contribution in [-0.4, -0.2) is 75.3 Å². The molecular formula is C24H30N6O5. The zero-order valence-electron chi connectivity index (χ0n) is 19.6. The first-order valence-corrected chi connectivity index (χ1v) is 12.4. The molecule has 2 atom stereocenters. The molecule has 0 saturated carbocycles. The van der Waals surface area contributed by atoms with Crippen molar-refractivity contribution in [2.24, 2.45) is 0 Å². The van der Waals surface area contributed by atoms with Gasteiger partial charge in [0, 0.05) is 43.3 Å². The first kappa shape index (κ1) is 22.4. The second-order valence-corrected chi connectivity index (χ2v) is 9.42. The third-order valence-electron chi connectivity index (χ3n) is 6.84. The number of nitrogens with zero attached hydrogens (tertiary/aromatic N) is 5. The number of aromatic nitrogens is 5. The molecule has 186 valence electrons. The number of fused-ring (bicyclic) bond motifs is 2. The van der Waals surface area contributed by atoms with Gasteiger partial charge in [-0.3, -0.25) is 9.69 Å². The fraction of sp³-hybridized carbons (Fsp3) is 0.583. The Hall–Kier alpha value is -3.02. The highest BCUT2D eigenvalue weighted by Crippen LogP contribution is 2.33. The van der Waals surface area contributed by atoms with Crippen molar-refractivity contribution in [2.45, 2.75) is 57.5 Å². The summed E-state index contributed by atoms with van der Waals surface area (Å²) in [5.74, 6) is 2.12. The van der Waals surface area contributed by atoms with Crippen LogP contribution in [-0.2, 0) is 29.1 Å². The van der Waals surface area contributed by atoms with Gasteiger partial charge in [0.25, 0.3) is 5.56 Å². The number of H-pyrrole nitrogens is 1. The molecule has 3 aromatic rings. The molecule has 3 aliphatic rings. The van der Waals surface area contributed by atoms with E-state index in [0.717, 1.165) is 55.6 Å². The molecule has 35 heavy (non-hydrogen) atoms. The van der Waals surface area contributed by atoms with Gasteiger partial charge in [0.05, 0.1) is 30.8 Å². The molecule has 0 radical (unpaired) electrons. The Kier molecular flexibility index (Phi) is 6.36.